The Labute approximate surface area is 61.0 Å². The molecule has 10 heavy (non-hydrogen) atoms. The van der Waals surface area contributed by atoms with E-state index in [1.807, 2.05) is 0 Å². The molecule has 0 saturated heterocycles. The standard InChI is InChI=1S/C7H10BN2/c9-5-8-7(3-4-10-8)6-1-2-6/h3,6,8,10H,1-2,4H2/q-1. The Balaban J connectivity index is 2.11. The van der Waals surface area contributed by atoms with Crippen LogP contribution in [0, 0.1) is 17.1 Å². The summed E-state index contributed by atoms with van der Waals surface area (Å²) < 4.78 is 0. The lowest BCUT2D eigenvalue weighted by Gasteiger charge is -2.11. The van der Waals surface area contributed by atoms with Crippen molar-refractivity contribution in [3.05, 3.63) is 11.5 Å². The Morgan fingerprint density at radius 2 is 2.50 bits per heavy atom. The van der Waals surface area contributed by atoms with E-state index in [1.165, 1.54) is 18.3 Å². The third-order valence-corrected chi connectivity index (χ3v) is 2.43. The Morgan fingerprint density at radius 1 is 1.70 bits per heavy atom. The van der Waals surface area contributed by atoms with E-state index in [-0.39, 0.29) is 0 Å². The van der Waals surface area contributed by atoms with Crippen molar-refractivity contribution in [3.63, 3.8) is 0 Å². The van der Waals surface area contributed by atoms with Crippen LogP contribution < -0.4 is 5.23 Å². The summed E-state index contributed by atoms with van der Waals surface area (Å²) in [4.78, 5) is 0. The number of nitrogens with zero attached hydrogens (tertiary/aromatic N) is 1. The molecule has 1 heterocycles. The molecular formula is C7H10BN2-. The first-order valence-corrected chi connectivity index (χ1v) is 3.94. The highest BCUT2D eigenvalue weighted by atomic mass is 14.8. The van der Waals surface area contributed by atoms with Crippen molar-refractivity contribution in [1.82, 2.24) is 5.23 Å². The Morgan fingerprint density at radius 3 is 3.10 bits per heavy atom. The van der Waals surface area contributed by atoms with Crippen LogP contribution in [0.25, 0.3) is 0 Å². The van der Waals surface area contributed by atoms with Crippen molar-refractivity contribution >= 4 is 6.85 Å². The van der Waals surface area contributed by atoms with Gasteiger partial charge < -0.3 is 5.23 Å². The van der Waals surface area contributed by atoms with Gasteiger partial charge in [0.1, 0.15) is 0 Å². The first-order valence-electron chi connectivity index (χ1n) is 3.94. The molecule has 1 atom stereocenters. The fraction of sp³-hybridized carbons (Fsp3) is 0.571. The highest BCUT2D eigenvalue weighted by molar-refractivity contribution is 6.72. The summed E-state index contributed by atoms with van der Waals surface area (Å²) in [5.41, 5.74) is 1.43. The van der Waals surface area contributed by atoms with Crippen LogP contribution in [0.15, 0.2) is 11.5 Å². The molecule has 2 nitrogen and oxygen atoms in total. The predicted octanol–water partition coefficient (Wildman–Crippen LogP) is 0.252. The lowest BCUT2D eigenvalue weighted by molar-refractivity contribution is 1.09. The van der Waals surface area contributed by atoms with E-state index in [1.54, 1.807) is 0 Å². The van der Waals surface area contributed by atoms with Gasteiger partial charge in [0, 0.05) is 0 Å². The third-order valence-electron chi connectivity index (χ3n) is 2.43. The summed E-state index contributed by atoms with van der Waals surface area (Å²) in [7, 11) is 0. The molecule has 0 aromatic rings. The zero-order chi connectivity index (χ0) is 6.97. The van der Waals surface area contributed by atoms with Gasteiger partial charge in [0.25, 0.3) is 0 Å². The monoisotopic (exact) mass is 133 g/mol. The van der Waals surface area contributed by atoms with E-state index in [2.05, 4.69) is 17.3 Å². The highest BCUT2D eigenvalue weighted by Crippen LogP contribution is 2.37. The van der Waals surface area contributed by atoms with Gasteiger partial charge in [-0.3, -0.25) is 0 Å². The van der Waals surface area contributed by atoms with E-state index in [9.17, 15) is 0 Å². The first-order chi connectivity index (χ1) is 4.92. The van der Waals surface area contributed by atoms with Crippen molar-refractivity contribution in [1.29, 1.82) is 5.26 Å². The van der Waals surface area contributed by atoms with E-state index >= 15 is 0 Å². The average molecular weight is 133 g/mol. The molecule has 0 amide bonds. The third kappa shape index (κ3) is 0.852. The molecule has 2 rings (SSSR count). The van der Waals surface area contributed by atoms with Crippen LogP contribution in [0.4, 0.5) is 0 Å². The normalized spacial score (nSPS) is 31.5. The van der Waals surface area contributed by atoms with Gasteiger partial charge in [-0.2, -0.15) is 0 Å². The average Bonchev–Trinajstić information content (AvgIpc) is 2.69. The Kier molecular flexibility index (Phi) is 1.28. The maximum absolute atomic E-state index is 8.70. The molecule has 0 aromatic carbocycles. The molecule has 0 aromatic heterocycles. The number of allylic oxidation sites excluding steroid dienone is 1. The fourth-order valence-corrected chi connectivity index (χ4v) is 1.69. The van der Waals surface area contributed by atoms with Crippen molar-refractivity contribution in [2.75, 3.05) is 6.54 Å². The van der Waals surface area contributed by atoms with Crippen LogP contribution in [0.5, 0.6) is 0 Å². The van der Waals surface area contributed by atoms with Crippen LogP contribution in [0.3, 0.4) is 0 Å². The second-order valence-electron chi connectivity index (χ2n) is 3.20. The zero-order valence-corrected chi connectivity index (χ0v) is 5.93. The van der Waals surface area contributed by atoms with Gasteiger partial charge in [-0.05, 0) is 19.4 Å². The number of nitrogens with one attached hydrogen (secondary N) is 1. The SMILES string of the molecule is N#C[BH-]1NCC=C1C1CC1. The summed E-state index contributed by atoms with van der Waals surface area (Å²) in [6, 6.07) is 0. The van der Waals surface area contributed by atoms with Gasteiger partial charge in [0.15, 0.2) is 6.85 Å². The maximum atomic E-state index is 8.70. The molecule has 2 aliphatic rings. The van der Waals surface area contributed by atoms with Gasteiger partial charge in [-0.25, -0.2) is 10.7 Å². The van der Waals surface area contributed by atoms with Crippen molar-refractivity contribution in [3.8, 4) is 5.97 Å². The largest absolute Gasteiger partial charge is 0.472 e. The fourth-order valence-electron chi connectivity index (χ4n) is 1.69. The number of nitriles is 1. The summed E-state index contributed by atoms with van der Waals surface area (Å²) in [6.45, 7) is 0.192. The summed E-state index contributed by atoms with van der Waals surface area (Å²) >= 11 is 0. The molecule has 1 fully saturated rings. The van der Waals surface area contributed by atoms with E-state index < -0.39 is 6.85 Å². The number of rotatable bonds is 1. The van der Waals surface area contributed by atoms with Crippen LogP contribution in [-0.2, 0) is 0 Å². The molecule has 1 aliphatic carbocycles. The van der Waals surface area contributed by atoms with Crippen molar-refractivity contribution in [2.45, 2.75) is 12.8 Å². The minimum atomic E-state index is -0.738. The second kappa shape index (κ2) is 2.14. The first kappa shape index (κ1) is 6.00. The van der Waals surface area contributed by atoms with E-state index in [4.69, 9.17) is 5.26 Å². The van der Waals surface area contributed by atoms with E-state index in [0.717, 1.165) is 12.5 Å². The van der Waals surface area contributed by atoms with Crippen molar-refractivity contribution in [2.24, 2.45) is 5.92 Å². The molecule has 0 bridgehead atoms. The Hall–Kier alpha value is -0.745. The summed E-state index contributed by atoms with van der Waals surface area (Å²) in [5, 5.41) is 11.9. The smallest absolute Gasteiger partial charge is 0.174 e. The molecule has 1 aliphatic heterocycles. The maximum Gasteiger partial charge on any atom is 0.174 e. The Bertz CT molecular complexity index is 212. The molecule has 1 saturated carbocycles. The van der Waals surface area contributed by atoms with E-state index in [0.29, 0.717) is 0 Å². The molecule has 0 spiro atoms. The van der Waals surface area contributed by atoms with Gasteiger partial charge in [-0.15, -0.1) is 12.0 Å². The van der Waals surface area contributed by atoms with Gasteiger partial charge in [-0.1, -0.05) is 5.92 Å². The highest BCUT2D eigenvalue weighted by Gasteiger charge is 2.27. The molecular weight excluding hydrogens is 123 g/mol. The second-order valence-corrected chi connectivity index (χ2v) is 3.20. The van der Waals surface area contributed by atoms with Gasteiger partial charge in [0.05, 0.1) is 0 Å². The van der Waals surface area contributed by atoms with Crippen LogP contribution in [-0.4, -0.2) is 13.4 Å². The lowest BCUT2D eigenvalue weighted by atomic mass is 9.57. The molecule has 3 heteroatoms. The molecule has 1 unspecified atom stereocenters. The minimum Gasteiger partial charge on any atom is -0.472 e. The van der Waals surface area contributed by atoms with Crippen LogP contribution >= 0.6 is 0 Å². The van der Waals surface area contributed by atoms with Crippen LogP contribution in [0.1, 0.15) is 12.8 Å². The molecule has 52 valence electrons. The quantitative estimate of drug-likeness (QED) is 0.520. The molecule has 0 radical (unpaired) electrons. The van der Waals surface area contributed by atoms with Crippen LogP contribution in [0.2, 0.25) is 0 Å². The number of hydrogen-bond acceptors (Lipinski definition) is 2. The number of hydrogen-bond donors (Lipinski definition) is 1. The topological polar surface area (TPSA) is 35.8 Å². The predicted molar refractivity (Wildman–Crippen MR) is 41.6 cm³/mol. The van der Waals surface area contributed by atoms with Crippen molar-refractivity contribution < 1.29 is 0 Å². The lowest BCUT2D eigenvalue weighted by Crippen LogP contribution is -2.29. The zero-order valence-electron chi connectivity index (χ0n) is 5.93. The minimum absolute atomic E-state index is 0.738. The summed E-state index contributed by atoms with van der Waals surface area (Å²) in [6.07, 6.45) is 4.85. The van der Waals surface area contributed by atoms with Gasteiger partial charge >= 0.3 is 0 Å². The summed E-state index contributed by atoms with van der Waals surface area (Å²) in [5.74, 6) is 3.13. The van der Waals surface area contributed by atoms with Gasteiger partial charge in [0.2, 0.25) is 0 Å². The molecule has 1 N–H and O–H groups in total.